The first-order chi connectivity index (χ1) is 10.9. The van der Waals surface area contributed by atoms with Crippen molar-refractivity contribution in [2.45, 2.75) is 33.7 Å². The maximum absolute atomic E-state index is 12.0. The fourth-order valence-corrected chi connectivity index (χ4v) is 3.28. The average Bonchev–Trinajstić information content (AvgIpc) is 2.82. The molecule has 2 heterocycles. The Labute approximate surface area is 137 Å². The van der Waals surface area contributed by atoms with Gasteiger partial charge in [-0.3, -0.25) is 0 Å². The van der Waals surface area contributed by atoms with E-state index in [2.05, 4.69) is 15.3 Å². The van der Waals surface area contributed by atoms with E-state index >= 15 is 0 Å². The molecule has 2 rings (SSSR count). The molecule has 0 saturated carbocycles. The predicted octanol–water partition coefficient (Wildman–Crippen LogP) is 2.70. The number of carboxylic acids is 1. The maximum atomic E-state index is 12.0. The monoisotopic (exact) mass is 337 g/mol. The van der Waals surface area contributed by atoms with Crippen LogP contribution in [-0.2, 0) is 9.53 Å². The van der Waals surface area contributed by atoms with Gasteiger partial charge in [0.25, 0.3) is 0 Å². The van der Waals surface area contributed by atoms with E-state index in [1.54, 1.807) is 13.8 Å². The highest BCUT2D eigenvalue weighted by molar-refractivity contribution is 7.20. The third-order valence-corrected chi connectivity index (χ3v) is 4.59. The summed E-state index contributed by atoms with van der Waals surface area (Å²) in [5, 5.41) is 12.9. The number of carbonyl (C=O) groups excluding carboxylic acids is 1. The number of nitrogens with one attached hydrogen (secondary N) is 1. The molecular weight excluding hydrogens is 318 g/mol. The van der Waals surface area contributed by atoms with Gasteiger partial charge in [0, 0.05) is 0 Å². The van der Waals surface area contributed by atoms with Crippen molar-refractivity contribution in [2.24, 2.45) is 5.92 Å². The molecule has 0 unspecified atom stereocenters. The molecule has 8 heteroatoms. The van der Waals surface area contributed by atoms with Gasteiger partial charge in [-0.25, -0.2) is 19.6 Å². The van der Waals surface area contributed by atoms with E-state index in [1.807, 2.05) is 13.8 Å². The van der Waals surface area contributed by atoms with Crippen LogP contribution in [0, 0.1) is 12.8 Å². The van der Waals surface area contributed by atoms with Gasteiger partial charge in [-0.15, -0.1) is 11.3 Å². The summed E-state index contributed by atoms with van der Waals surface area (Å²) >= 11 is 1.22. The number of hydrogen-bond donors (Lipinski definition) is 2. The Kier molecular flexibility index (Phi) is 5.15. The molecule has 0 amide bonds. The summed E-state index contributed by atoms with van der Waals surface area (Å²) in [5.74, 6) is -1.07. The van der Waals surface area contributed by atoms with Gasteiger partial charge < -0.3 is 15.2 Å². The highest BCUT2D eigenvalue weighted by Gasteiger charge is 2.25. The molecule has 2 aromatic heterocycles. The lowest BCUT2D eigenvalue weighted by molar-refractivity contribution is -0.138. The third kappa shape index (κ3) is 3.42. The van der Waals surface area contributed by atoms with Crippen LogP contribution >= 0.6 is 11.3 Å². The first-order valence-corrected chi connectivity index (χ1v) is 8.09. The molecule has 0 aliphatic carbocycles. The highest BCUT2D eigenvalue weighted by Crippen LogP contribution is 2.34. The Morgan fingerprint density at radius 3 is 2.65 bits per heavy atom. The summed E-state index contributed by atoms with van der Waals surface area (Å²) in [6.07, 6.45) is 1.36. The molecule has 2 aromatic rings. The van der Waals surface area contributed by atoms with Crippen molar-refractivity contribution in [1.82, 2.24) is 9.97 Å². The number of carbonyl (C=O) groups is 2. The zero-order valence-electron chi connectivity index (χ0n) is 13.4. The number of ether oxygens (including phenoxy) is 1. The Balaban J connectivity index is 2.49. The van der Waals surface area contributed by atoms with Gasteiger partial charge in [0.1, 0.15) is 27.9 Å². The number of esters is 1. The van der Waals surface area contributed by atoms with Crippen molar-refractivity contribution in [3.8, 4) is 0 Å². The number of anilines is 1. The quantitative estimate of drug-likeness (QED) is 0.781. The van der Waals surface area contributed by atoms with Crippen LogP contribution in [0.5, 0.6) is 0 Å². The lowest BCUT2D eigenvalue weighted by Gasteiger charge is -2.19. The summed E-state index contributed by atoms with van der Waals surface area (Å²) < 4.78 is 5.04. The molecule has 0 fully saturated rings. The van der Waals surface area contributed by atoms with Crippen LogP contribution in [0.25, 0.3) is 10.2 Å². The Bertz CT molecular complexity index is 742. The number of carboxylic acid groups (broad SMARTS) is 1. The van der Waals surface area contributed by atoms with Crippen molar-refractivity contribution < 1.29 is 19.4 Å². The minimum atomic E-state index is -0.953. The number of hydrogen-bond acceptors (Lipinski definition) is 7. The summed E-state index contributed by atoms with van der Waals surface area (Å²) in [7, 11) is 0. The second-order valence-corrected chi connectivity index (χ2v) is 6.38. The topological polar surface area (TPSA) is 101 Å². The van der Waals surface area contributed by atoms with Crippen LogP contribution in [-0.4, -0.2) is 39.7 Å². The first kappa shape index (κ1) is 17.1. The van der Waals surface area contributed by atoms with E-state index in [0.29, 0.717) is 26.5 Å². The molecular formula is C15H19N3O4S. The molecule has 124 valence electrons. The third-order valence-electron chi connectivity index (χ3n) is 3.41. The van der Waals surface area contributed by atoms with Crippen molar-refractivity contribution in [1.29, 1.82) is 0 Å². The van der Waals surface area contributed by atoms with Crippen molar-refractivity contribution >= 4 is 39.3 Å². The number of nitrogens with zero attached hydrogens (tertiary/aromatic N) is 2. The van der Waals surface area contributed by atoms with E-state index in [4.69, 9.17) is 4.74 Å². The van der Waals surface area contributed by atoms with Crippen LogP contribution in [0.3, 0.4) is 0 Å². The van der Waals surface area contributed by atoms with Gasteiger partial charge in [-0.1, -0.05) is 13.8 Å². The first-order valence-electron chi connectivity index (χ1n) is 7.27. The smallest absolute Gasteiger partial charge is 0.348 e. The average molecular weight is 337 g/mol. The van der Waals surface area contributed by atoms with Gasteiger partial charge in [0.15, 0.2) is 0 Å². The number of aryl methyl sites for hydroxylation is 1. The summed E-state index contributed by atoms with van der Waals surface area (Å²) in [4.78, 5) is 32.8. The lowest BCUT2D eigenvalue weighted by atomic mass is 10.0. The standard InChI is InChI=1S/C15H19N3O4S/c1-5-22-15(21)11-8(4)9-12(16-6-17-13(9)23-11)18-10(7(2)3)14(19)20/h6-7,10H,5H2,1-4H3,(H,19,20)(H,16,17,18)/t10-/m1/s1. The maximum Gasteiger partial charge on any atom is 0.348 e. The van der Waals surface area contributed by atoms with Gasteiger partial charge in [-0.2, -0.15) is 0 Å². The van der Waals surface area contributed by atoms with E-state index in [-0.39, 0.29) is 12.5 Å². The Hall–Kier alpha value is -2.22. The van der Waals surface area contributed by atoms with Crippen molar-refractivity contribution in [3.63, 3.8) is 0 Å². The second-order valence-electron chi connectivity index (χ2n) is 5.38. The van der Waals surface area contributed by atoms with E-state index in [0.717, 1.165) is 0 Å². The van der Waals surface area contributed by atoms with E-state index < -0.39 is 18.0 Å². The SMILES string of the molecule is CCOC(=O)c1sc2ncnc(N[C@@H](C(=O)O)C(C)C)c2c1C. The van der Waals surface area contributed by atoms with E-state index in [9.17, 15) is 14.7 Å². The van der Waals surface area contributed by atoms with Gasteiger partial charge in [-0.05, 0) is 25.3 Å². The molecule has 0 saturated heterocycles. The molecule has 0 aromatic carbocycles. The molecule has 0 bridgehead atoms. The van der Waals surface area contributed by atoms with Crippen LogP contribution < -0.4 is 5.32 Å². The van der Waals surface area contributed by atoms with Crippen LogP contribution in [0.4, 0.5) is 5.82 Å². The molecule has 23 heavy (non-hydrogen) atoms. The van der Waals surface area contributed by atoms with E-state index in [1.165, 1.54) is 17.7 Å². The van der Waals surface area contributed by atoms with Gasteiger partial charge in [0.2, 0.25) is 0 Å². The van der Waals surface area contributed by atoms with Crippen LogP contribution in [0.2, 0.25) is 0 Å². The molecule has 7 nitrogen and oxygen atoms in total. The Morgan fingerprint density at radius 2 is 2.09 bits per heavy atom. The highest BCUT2D eigenvalue weighted by atomic mass is 32.1. The number of fused-ring (bicyclic) bond motifs is 1. The van der Waals surface area contributed by atoms with Crippen molar-refractivity contribution in [3.05, 3.63) is 16.8 Å². The lowest BCUT2D eigenvalue weighted by Crippen LogP contribution is -2.34. The summed E-state index contributed by atoms with van der Waals surface area (Å²) in [6, 6.07) is -0.779. The number of thiophene rings is 1. The summed E-state index contributed by atoms with van der Waals surface area (Å²) in [5.41, 5.74) is 0.694. The summed E-state index contributed by atoms with van der Waals surface area (Å²) in [6.45, 7) is 7.44. The molecule has 1 atom stereocenters. The fraction of sp³-hybridized carbons (Fsp3) is 0.467. The van der Waals surface area contributed by atoms with Gasteiger partial charge in [0.05, 0.1) is 12.0 Å². The molecule has 0 radical (unpaired) electrons. The van der Waals surface area contributed by atoms with Crippen molar-refractivity contribution in [2.75, 3.05) is 11.9 Å². The van der Waals surface area contributed by atoms with Crippen LogP contribution in [0.15, 0.2) is 6.33 Å². The van der Waals surface area contributed by atoms with Crippen LogP contribution in [0.1, 0.15) is 36.0 Å². The number of rotatable bonds is 6. The normalized spacial score (nSPS) is 12.4. The molecule has 0 spiro atoms. The zero-order valence-corrected chi connectivity index (χ0v) is 14.2. The largest absolute Gasteiger partial charge is 0.480 e. The molecule has 0 aliphatic heterocycles. The predicted molar refractivity (Wildman–Crippen MR) is 88.0 cm³/mol. The number of aromatic nitrogens is 2. The molecule has 0 aliphatic rings. The second kappa shape index (κ2) is 6.91. The molecule has 2 N–H and O–H groups in total. The fourth-order valence-electron chi connectivity index (χ4n) is 2.23. The Morgan fingerprint density at radius 1 is 1.39 bits per heavy atom. The number of aliphatic carboxylic acids is 1. The minimum absolute atomic E-state index is 0.124. The van der Waals surface area contributed by atoms with Gasteiger partial charge >= 0.3 is 11.9 Å². The minimum Gasteiger partial charge on any atom is -0.480 e. The zero-order chi connectivity index (χ0) is 17.1.